The Balaban J connectivity index is 2.05. The molecule has 0 saturated carbocycles. The minimum absolute atomic E-state index is 0.0412. The monoisotopic (exact) mass is 371 g/mol. The van der Waals surface area contributed by atoms with Crippen LogP contribution in [0, 0.1) is 20.8 Å². The van der Waals surface area contributed by atoms with Crippen molar-refractivity contribution in [3.63, 3.8) is 0 Å². The molecule has 2 aromatic rings. The average Bonchev–Trinajstić information content (AvgIpc) is 2.65. The smallest absolute Gasteiger partial charge is 0.306 e. The number of hydrogen-bond donors (Lipinski definition) is 4. The minimum atomic E-state index is -0.360. The van der Waals surface area contributed by atoms with E-state index in [4.69, 9.17) is 10.7 Å². The summed E-state index contributed by atoms with van der Waals surface area (Å²) in [6.07, 6.45) is 0. The van der Waals surface area contributed by atoms with Crippen molar-refractivity contribution < 1.29 is 9.63 Å². The molecule has 146 valence electrons. The van der Waals surface area contributed by atoms with Crippen LogP contribution in [0.3, 0.4) is 0 Å². The predicted molar refractivity (Wildman–Crippen MR) is 108 cm³/mol. The van der Waals surface area contributed by atoms with Crippen LogP contribution >= 0.6 is 0 Å². The van der Waals surface area contributed by atoms with Crippen LogP contribution in [0.25, 0.3) is 0 Å². The molecule has 0 aliphatic heterocycles. The van der Waals surface area contributed by atoms with Crippen LogP contribution in [0.5, 0.6) is 0 Å². The van der Waals surface area contributed by atoms with Gasteiger partial charge in [0.2, 0.25) is 0 Å². The van der Waals surface area contributed by atoms with Gasteiger partial charge in [0.1, 0.15) is 0 Å². The van der Waals surface area contributed by atoms with Crippen LogP contribution in [-0.2, 0) is 11.4 Å². The molecule has 7 nitrogen and oxygen atoms in total. The molecular formula is C20H29N5O2. The Bertz CT molecular complexity index is 794. The number of nitrogens with zero attached hydrogens (tertiary/aromatic N) is 1. The Kier molecular flexibility index (Phi) is 7.32. The summed E-state index contributed by atoms with van der Waals surface area (Å²) < 4.78 is 0. The zero-order valence-electron chi connectivity index (χ0n) is 16.6. The third kappa shape index (κ3) is 5.27. The van der Waals surface area contributed by atoms with Gasteiger partial charge in [0, 0.05) is 18.3 Å². The van der Waals surface area contributed by atoms with E-state index in [2.05, 4.69) is 49.2 Å². The van der Waals surface area contributed by atoms with Crippen LogP contribution in [0.4, 0.5) is 10.5 Å². The van der Waals surface area contributed by atoms with Crippen LogP contribution in [0.1, 0.15) is 40.8 Å². The zero-order valence-corrected chi connectivity index (χ0v) is 16.6. The Morgan fingerprint density at radius 2 is 1.81 bits per heavy atom. The van der Waals surface area contributed by atoms with Crippen molar-refractivity contribution in [3.05, 3.63) is 64.2 Å². The van der Waals surface area contributed by atoms with E-state index in [0.29, 0.717) is 12.3 Å². The van der Waals surface area contributed by atoms with Gasteiger partial charge in [0.25, 0.3) is 0 Å². The third-order valence-electron chi connectivity index (χ3n) is 4.74. The van der Waals surface area contributed by atoms with E-state index >= 15 is 0 Å². The number of aryl methyl sites for hydroxylation is 2. The van der Waals surface area contributed by atoms with Crippen molar-refractivity contribution in [2.75, 3.05) is 12.4 Å². The summed E-state index contributed by atoms with van der Waals surface area (Å²) in [4.78, 5) is 17.8. The molecule has 0 fully saturated rings. The first-order chi connectivity index (χ1) is 12.8. The highest BCUT2D eigenvalue weighted by Crippen LogP contribution is 2.23. The molecule has 0 heterocycles. The number of carbonyl (C=O) groups is 1. The second-order valence-corrected chi connectivity index (χ2v) is 6.64. The highest BCUT2D eigenvalue weighted by molar-refractivity contribution is 5.89. The van der Waals surface area contributed by atoms with Crippen LogP contribution in [0.15, 0.2) is 36.4 Å². The van der Waals surface area contributed by atoms with E-state index in [0.717, 1.165) is 16.1 Å². The summed E-state index contributed by atoms with van der Waals surface area (Å²) in [6.45, 7) is 8.57. The lowest BCUT2D eigenvalue weighted by Gasteiger charge is -2.20. The highest BCUT2D eigenvalue weighted by atomic mass is 16.6. The zero-order chi connectivity index (χ0) is 20.0. The van der Waals surface area contributed by atoms with Gasteiger partial charge in [-0.15, -0.1) is 0 Å². The number of rotatable bonds is 7. The van der Waals surface area contributed by atoms with E-state index in [1.165, 1.54) is 23.7 Å². The number of nitrogens with two attached hydrogens (primary N) is 1. The normalized spacial score (nSPS) is 11.9. The molecule has 5 N–H and O–H groups in total. The molecule has 2 aromatic carbocycles. The second kappa shape index (κ2) is 9.48. The maximum absolute atomic E-state index is 12.1. The average molecular weight is 371 g/mol. The van der Waals surface area contributed by atoms with Gasteiger partial charge in [-0.25, -0.2) is 9.80 Å². The maximum atomic E-state index is 12.1. The molecule has 2 amide bonds. The first kappa shape index (κ1) is 20.9. The van der Waals surface area contributed by atoms with E-state index < -0.39 is 0 Å². The van der Waals surface area contributed by atoms with E-state index in [1.54, 1.807) is 0 Å². The van der Waals surface area contributed by atoms with Gasteiger partial charge < -0.3 is 5.32 Å². The Morgan fingerprint density at radius 1 is 1.15 bits per heavy atom. The molecule has 0 aromatic heterocycles. The van der Waals surface area contributed by atoms with Crippen molar-refractivity contribution in [1.29, 1.82) is 0 Å². The lowest BCUT2D eigenvalue weighted by atomic mass is 9.99. The van der Waals surface area contributed by atoms with Gasteiger partial charge in [-0.05, 0) is 56.0 Å². The standard InChI is InChI=1S/C20H29N5O2/c1-13-8-6-10-17(15(13)3)16(4)23-27-12-18-14(2)9-7-11-19(18)22-20(26)25(5)24-21/h6-11,16,23-24H,12,21H2,1-5H3,(H,22,26). The molecule has 7 heteroatoms. The molecule has 27 heavy (non-hydrogen) atoms. The molecular weight excluding hydrogens is 342 g/mol. The number of hydroxylamine groups is 1. The highest BCUT2D eigenvalue weighted by Gasteiger charge is 2.13. The Hall–Kier alpha value is -2.45. The summed E-state index contributed by atoms with van der Waals surface area (Å²) in [5, 5.41) is 3.99. The van der Waals surface area contributed by atoms with Crippen LogP contribution in [-0.4, -0.2) is 18.1 Å². The van der Waals surface area contributed by atoms with Gasteiger partial charge in [-0.1, -0.05) is 30.3 Å². The lowest BCUT2D eigenvalue weighted by Crippen LogP contribution is -2.46. The summed E-state index contributed by atoms with van der Waals surface area (Å²) in [5.74, 6) is 5.27. The van der Waals surface area contributed by atoms with Crippen molar-refractivity contribution in [2.45, 2.75) is 40.3 Å². The summed E-state index contributed by atoms with van der Waals surface area (Å²) in [5.41, 5.74) is 11.7. The molecule has 1 unspecified atom stereocenters. The molecule has 0 aliphatic rings. The molecule has 0 radical (unpaired) electrons. The number of nitrogens with one attached hydrogen (secondary N) is 3. The number of hydrogen-bond acceptors (Lipinski definition) is 5. The second-order valence-electron chi connectivity index (χ2n) is 6.64. The van der Waals surface area contributed by atoms with E-state index in [9.17, 15) is 4.79 Å². The molecule has 0 bridgehead atoms. The first-order valence-corrected chi connectivity index (χ1v) is 8.88. The third-order valence-corrected chi connectivity index (χ3v) is 4.74. The number of urea groups is 1. The van der Waals surface area contributed by atoms with E-state index in [1.807, 2.05) is 31.2 Å². The van der Waals surface area contributed by atoms with Crippen LogP contribution < -0.4 is 22.2 Å². The van der Waals surface area contributed by atoms with Gasteiger partial charge in [0.05, 0.1) is 12.6 Å². The van der Waals surface area contributed by atoms with Gasteiger partial charge in [-0.2, -0.15) is 11.0 Å². The quantitative estimate of drug-likeness (QED) is 0.443. The molecule has 0 aliphatic carbocycles. The van der Waals surface area contributed by atoms with Crippen molar-refractivity contribution in [1.82, 2.24) is 16.0 Å². The topological polar surface area (TPSA) is 91.6 Å². The lowest BCUT2D eigenvalue weighted by molar-refractivity contribution is 0.00688. The number of hydrazine groups is 2. The number of anilines is 1. The fourth-order valence-corrected chi connectivity index (χ4v) is 2.81. The maximum Gasteiger partial charge on any atom is 0.337 e. The largest absolute Gasteiger partial charge is 0.337 e. The van der Waals surface area contributed by atoms with Gasteiger partial charge in [-0.3, -0.25) is 10.7 Å². The molecule has 1 atom stereocenters. The Morgan fingerprint density at radius 3 is 2.52 bits per heavy atom. The summed E-state index contributed by atoms with van der Waals surface area (Å²) in [6, 6.07) is 11.6. The molecule has 0 spiro atoms. The molecule has 0 saturated heterocycles. The predicted octanol–water partition coefficient (Wildman–Crippen LogP) is 3.24. The molecule has 2 rings (SSSR count). The van der Waals surface area contributed by atoms with Crippen molar-refractivity contribution >= 4 is 11.7 Å². The fraction of sp³-hybridized carbons (Fsp3) is 0.350. The summed E-state index contributed by atoms with van der Waals surface area (Å²) in [7, 11) is 1.54. The van der Waals surface area contributed by atoms with E-state index in [-0.39, 0.29) is 12.1 Å². The fourth-order valence-electron chi connectivity index (χ4n) is 2.81. The minimum Gasteiger partial charge on any atom is -0.306 e. The summed E-state index contributed by atoms with van der Waals surface area (Å²) >= 11 is 0. The Labute approximate surface area is 160 Å². The van der Waals surface area contributed by atoms with Crippen molar-refractivity contribution in [2.24, 2.45) is 5.84 Å². The first-order valence-electron chi connectivity index (χ1n) is 8.88. The number of carbonyl (C=O) groups excluding carboxylic acids is 1. The van der Waals surface area contributed by atoms with Crippen molar-refractivity contribution in [3.8, 4) is 0 Å². The van der Waals surface area contributed by atoms with Gasteiger partial charge >= 0.3 is 6.03 Å². The number of benzene rings is 2. The van der Waals surface area contributed by atoms with Gasteiger partial charge in [0.15, 0.2) is 0 Å². The SMILES string of the molecule is Cc1cccc(C(C)NOCc2c(C)cccc2NC(=O)N(C)NN)c1C. The number of amides is 2. The van der Waals surface area contributed by atoms with Crippen LogP contribution in [0.2, 0.25) is 0 Å².